The van der Waals surface area contributed by atoms with Crippen molar-refractivity contribution in [3.63, 3.8) is 0 Å². The lowest BCUT2D eigenvalue weighted by Gasteiger charge is -2.38. The maximum Gasteiger partial charge on any atom is 0.335 e. The van der Waals surface area contributed by atoms with Gasteiger partial charge in [0.25, 0.3) is 5.69 Å². The number of nitrogens with one attached hydrogen (secondary N) is 1. The molecule has 1 heterocycles. The van der Waals surface area contributed by atoms with Crippen molar-refractivity contribution in [2.75, 3.05) is 7.05 Å². The monoisotopic (exact) mass is 410 g/mol. The SMILES string of the molecule is CC1=C(C(=O)O)C(c2cccc([N+](=O)[O-])c2Cl)N(C(=O)N(C)C(C)C)C(=O)N1. The van der Waals surface area contributed by atoms with Gasteiger partial charge in [-0.15, -0.1) is 0 Å². The number of halogens is 1. The molecule has 10 nitrogen and oxygen atoms in total. The number of aliphatic carboxylic acids is 1. The molecule has 2 rings (SSSR count). The van der Waals surface area contributed by atoms with Gasteiger partial charge in [-0.2, -0.15) is 0 Å². The normalized spacial score (nSPS) is 16.9. The Kier molecular flexibility index (Phi) is 5.93. The summed E-state index contributed by atoms with van der Waals surface area (Å²) >= 11 is 6.17. The summed E-state index contributed by atoms with van der Waals surface area (Å²) in [7, 11) is 1.46. The molecule has 11 heteroatoms. The summed E-state index contributed by atoms with van der Waals surface area (Å²) in [4.78, 5) is 49.9. The zero-order valence-corrected chi connectivity index (χ0v) is 16.4. The van der Waals surface area contributed by atoms with Gasteiger partial charge in [0.15, 0.2) is 0 Å². The molecule has 1 unspecified atom stereocenters. The van der Waals surface area contributed by atoms with E-state index in [2.05, 4.69) is 5.32 Å². The highest BCUT2D eigenvalue weighted by Crippen LogP contribution is 2.40. The first-order chi connectivity index (χ1) is 13.0. The Balaban J connectivity index is 2.77. The van der Waals surface area contributed by atoms with Crippen LogP contribution in [0.25, 0.3) is 0 Å². The van der Waals surface area contributed by atoms with Crippen LogP contribution in [0.5, 0.6) is 0 Å². The summed E-state index contributed by atoms with van der Waals surface area (Å²) in [5.74, 6) is -1.39. The Morgan fingerprint density at radius 3 is 2.50 bits per heavy atom. The second kappa shape index (κ2) is 7.85. The van der Waals surface area contributed by atoms with Crippen molar-refractivity contribution < 1.29 is 24.4 Å². The highest BCUT2D eigenvalue weighted by atomic mass is 35.5. The van der Waals surface area contributed by atoms with Gasteiger partial charge in [0.1, 0.15) is 11.1 Å². The van der Waals surface area contributed by atoms with E-state index in [9.17, 15) is 29.6 Å². The third kappa shape index (κ3) is 3.63. The minimum absolute atomic E-state index is 0.0151. The lowest BCUT2D eigenvalue weighted by molar-refractivity contribution is -0.384. The molecule has 0 bridgehead atoms. The van der Waals surface area contributed by atoms with Crippen molar-refractivity contribution in [1.29, 1.82) is 0 Å². The Hall–Kier alpha value is -3.14. The Morgan fingerprint density at radius 1 is 1.39 bits per heavy atom. The number of nitro groups is 1. The highest BCUT2D eigenvalue weighted by molar-refractivity contribution is 6.33. The van der Waals surface area contributed by atoms with E-state index in [1.807, 2.05) is 0 Å². The first-order valence-electron chi connectivity index (χ1n) is 8.22. The molecule has 0 fully saturated rings. The Bertz CT molecular complexity index is 898. The number of allylic oxidation sites excluding steroid dienone is 1. The van der Waals surface area contributed by atoms with E-state index in [0.717, 1.165) is 6.07 Å². The number of carboxylic acids is 1. The molecule has 0 radical (unpaired) electrons. The number of carbonyl (C=O) groups excluding carboxylic acids is 2. The molecule has 0 aromatic heterocycles. The molecule has 1 atom stereocenters. The predicted molar refractivity (Wildman–Crippen MR) is 99.8 cm³/mol. The van der Waals surface area contributed by atoms with Crippen LogP contribution in [0.1, 0.15) is 32.4 Å². The summed E-state index contributed by atoms with van der Waals surface area (Å²) in [5, 5.41) is 23.0. The van der Waals surface area contributed by atoms with Crippen molar-refractivity contribution in [2.45, 2.75) is 32.9 Å². The minimum Gasteiger partial charge on any atom is -0.478 e. The number of nitrogens with zero attached hydrogens (tertiary/aromatic N) is 3. The van der Waals surface area contributed by atoms with Gasteiger partial charge in [-0.3, -0.25) is 10.1 Å². The molecule has 0 saturated carbocycles. The molecule has 1 aliphatic heterocycles. The van der Waals surface area contributed by atoms with E-state index < -0.39 is 34.7 Å². The fourth-order valence-corrected chi connectivity index (χ4v) is 3.09. The fourth-order valence-electron chi connectivity index (χ4n) is 2.79. The summed E-state index contributed by atoms with van der Waals surface area (Å²) in [6.07, 6.45) is 0. The van der Waals surface area contributed by atoms with Crippen molar-refractivity contribution in [2.24, 2.45) is 0 Å². The smallest absolute Gasteiger partial charge is 0.335 e. The standard InChI is InChI=1S/C17H19ClN4O6/c1-8(2)20(4)17(26)21-14(12(15(23)24)9(3)19-16(21)25)10-6-5-7-11(13(10)18)22(27)28/h5-8,14H,1-4H3,(H,19,25)(H,23,24). The number of urea groups is 2. The molecule has 28 heavy (non-hydrogen) atoms. The molecule has 0 saturated heterocycles. The lowest BCUT2D eigenvalue weighted by atomic mass is 9.93. The zero-order chi connectivity index (χ0) is 21.3. The number of carboxylic acid groups (broad SMARTS) is 1. The van der Waals surface area contributed by atoms with E-state index >= 15 is 0 Å². The second-order valence-corrected chi connectivity index (χ2v) is 6.85. The average molecular weight is 411 g/mol. The third-order valence-corrected chi connectivity index (χ3v) is 4.87. The lowest BCUT2D eigenvalue weighted by Crippen LogP contribution is -2.55. The number of rotatable bonds is 4. The van der Waals surface area contributed by atoms with Crippen LogP contribution in [0.3, 0.4) is 0 Å². The van der Waals surface area contributed by atoms with Gasteiger partial charge in [0.2, 0.25) is 0 Å². The number of imide groups is 1. The quantitative estimate of drug-likeness (QED) is 0.578. The Labute approximate surface area is 165 Å². The summed E-state index contributed by atoms with van der Waals surface area (Å²) < 4.78 is 0. The van der Waals surface area contributed by atoms with E-state index in [0.29, 0.717) is 4.90 Å². The van der Waals surface area contributed by atoms with Gasteiger partial charge >= 0.3 is 18.0 Å². The van der Waals surface area contributed by atoms with Gasteiger partial charge in [-0.1, -0.05) is 23.7 Å². The second-order valence-electron chi connectivity index (χ2n) is 6.47. The molecule has 1 aromatic carbocycles. The van der Waals surface area contributed by atoms with Gasteiger partial charge in [-0.05, 0) is 20.8 Å². The molecule has 1 aromatic rings. The molecule has 1 aliphatic rings. The summed E-state index contributed by atoms with van der Waals surface area (Å²) in [5.41, 5.74) is -0.793. The molecular formula is C17H19ClN4O6. The predicted octanol–water partition coefficient (Wildman–Crippen LogP) is 3.13. The molecule has 0 spiro atoms. The first-order valence-corrected chi connectivity index (χ1v) is 8.60. The van der Waals surface area contributed by atoms with E-state index in [4.69, 9.17) is 11.6 Å². The fraction of sp³-hybridized carbons (Fsp3) is 0.353. The van der Waals surface area contributed by atoms with Gasteiger partial charge in [0, 0.05) is 30.4 Å². The molecule has 150 valence electrons. The molecular weight excluding hydrogens is 392 g/mol. The van der Waals surface area contributed by atoms with Crippen LogP contribution < -0.4 is 5.32 Å². The van der Waals surface area contributed by atoms with Crippen LogP contribution in [-0.2, 0) is 4.79 Å². The summed E-state index contributed by atoms with van der Waals surface area (Å²) in [6.45, 7) is 4.80. The van der Waals surface area contributed by atoms with Crippen molar-refractivity contribution in [3.8, 4) is 0 Å². The third-order valence-electron chi connectivity index (χ3n) is 4.46. The number of carbonyl (C=O) groups is 3. The van der Waals surface area contributed by atoms with Gasteiger partial charge in [-0.25, -0.2) is 19.3 Å². The Morgan fingerprint density at radius 2 is 2.00 bits per heavy atom. The topological polar surface area (TPSA) is 133 Å². The number of hydrogen-bond acceptors (Lipinski definition) is 5. The van der Waals surface area contributed by atoms with Crippen LogP contribution in [0.15, 0.2) is 29.5 Å². The van der Waals surface area contributed by atoms with Gasteiger partial charge in [0.05, 0.1) is 10.5 Å². The maximum atomic E-state index is 12.9. The highest BCUT2D eigenvalue weighted by Gasteiger charge is 2.44. The van der Waals surface area contributed by atoms with Crippen LogP contribution >= 0.6 is 11.6 Å². The van der Waals surface area contributed by atoms with Crippen LogP contribution in [0, 0.1) is 10.1 Å². The maximum absolute atomic E-state index is 12.9. The zero-order valence-electron chi connectivity index (χ0n) is 15.6. The van der Waals surface area contributed by atoms with E-state index in [1.54, 1.807) is 13.8 Å². The van der Waals surface area contributed by atoms with Crippen molar-refractivity contribution in [1.82, 2.24) is 15.1 Å². The average Bonchev–Trinajstić information content (AvgIpc) is 2.59. The number of amides is 4. The van der Waals surface area contributed by atoms with E-state index in [-0.39, 0.29) is 27.9 Å². The number of nitro benzene ring substituents is 1. The largest absolute Gasteiger partial charge is 0.478 e. The van der Waals surface area contributed by atoms with Crippen LogP contribution in [0.2, 0.25) is 5.02 Å². The van der Waals surface area contributed by atoms with E-state index in [1.165, 1.54) is 31.0 Å². The molecule has 2 N–H and O–H groups in total. The number of hydrogen-bond donors (Lipinski definition) is 2. The molecule has 4 amide bonds. The van der Waals surface area contributed by atoms with Crippen molar-refractivity contribution >= 4 is 35.3 Å². The van der Waals surface area contributed by atoms with Crippen LogP contribution in [0.4, 0.5) is 15.3 Å². The molecule has 0 aliphatic carbocycles. The summed E-state index contributed by atoms with van der Waals surface area (Å²) in [6, 6.07) is 0.464. The number of benzene rings is 1. The van der Waals surface area contributed by atoms with Gasteiger partial charge < -0.3 is 15.3 Å². The van der Waals surface area contributed by atoms with Crippen molar-refractivity contribution in [3.05, 3.63) is 50.2 Å². The van der Waals surface area contributed by atoms with Crippen LogP contribution in [-0.4, -0.2) is 51.0 Å². The minimum atomic E-state index is -1.44. The first kappa shape index (κ1) is 21.2.